The maximum Gasteiger partial charge on any atom is 0.504 e. The zero-order valence-corrected chi connectivity index (χ0v) is 43.6. The third-order valence-electron chi connectivity index (χ3n) is 12.6. The van der Waals surface area contributed by atoms with Crippen LogP contribution in [-0.2, 0) is 24.2 Å². The second-order valence-electron chi connectivity index (χ2n) is 19.8. The van der Waals surface area contributed by atoms with Crippen LogP contribution in [0.25, 0.3) is 20.8 Å². The molecule has 2 unspecified atom stereocenters. The Labute approximate surface area is 402 Å². The highest BCUT2D eigenvalue weighted by molar-refractivity contribution is 9.11. The summed E-state index contributed by atoms with van der Waals surface area (Å²) in [6.07, 6.45) is 11.7. The number of aliphatic hydroxyl groups is 2. The van der Waals surface area contributed by atoms with Crippen LogP contribution < -0.4 is 14.3 Å². The van der Waals surface area contributed by atoms with Gasteiger partial charge in [0.15, 0.2) is 11.6 Å². The molecule has 2 atom stereocenters. The van der Waals surface area contributed by atoms with Gasteiger partial charge in [-0.2, -0.15) is 8.75 Å². The maximum absolute atomic E-state index is 13.1. The van der Waals surface area contributed by atoms with Crippen molar-refractivity contribution >= 4 is 101 Å². The lowest BCUT2D eigenvalue weighted by atomic mass is 9.76. The van der Waals surface area contributed by atoms with Crippen molar-refractivity contribution in [2.45, 2.75) is 125 Å². The molecule has 63 heavy (non-hydrogen) atoms. The monoisotopic (exact) mass is 1060 g/mol. The van der Waals surface area contributed by atoms with E-state index in [4.69, 9.17) is 23.4 Å². The first kappa shape index (κ1) is 51.3. The molecule has 0 saturated carbocycles. The highest BCUT2D eigenvalue weighted by Crippen LogP contribution is 2.54. The van der Waals surface area contributed by atoms with Crippen LogP contribution in [0.4, 0.5) is 8.78 Å². The van der Waals surface area contributed by atoms with Crippen molar-refractivity contribution in [1.82, 2.24) is 8.75 Å². The van der Waals surface area contributed by atoms with E-state index in [1.165, 1.54) is 49.0 Å². The molecule has 0 aliphatic carbocycles. The van der Waals surface area contributed by atoms with Crippen LogP contribution in [0.15, 0.2) is 21.1 Å². The lowest BCUT2D eigenvalue weighted by Crippen LogP contribution is -2.49. The Morgan fingerprint density at radius 1 is 0.667 bits per heavy atom. The summed E-state index contributed by atoms with van der Waals surface area (Å²) in [5, 5.41) is 19.8. The minimum absolute atomic E-state index is 0.0111. The molecule has 3 aliphatic rings. The Morgan fingerprint density at radius 3 is 1.52 bits per heavy atom. The van der Waals surface area contributed by atoms with Crippen LogP contribution in [0.3, 0.4) is 0 Å². The quantitative estimate of drug-likeness (QED) is 0.0571. The van der Waals surface area contributed by atoms with Gasteiger partial charge >= 0.3 is 14.2 Å². The minimum Gasteiger partial charge on any atom is -0.481 e. The normalized spacial score (nSPS) is 20.4. The first-order valence-electron chi connectivity index (χ1n) is 22.5. The highest BCUT2D eigenvalue weighted by Gasteiger charge is 2.47. The fourth-order valence-corrected chi connectivity index (χ4v) is 12.4. The van der Waals surface area contributed by atoms with E-state index in [0.29, 0.717) is 49.3 Å². The van der Waals surface area contributed by atoms with Crippen LogP contribution in [0.5, 0.6) is 5.75 Å². The summed E-state index contributed by atoms with van der Waals surface area (Å²) in [5.74, 6) is 1.72. The van der Waals surface area contributed by atoms with Gasteiger partial charge in [0.1, 0.15) is 22.4 Å². The molecule has 2 N–H and O–H groups in total. The van der Waals surface area contributed by atoms with Crippen molar-refractivity contribution in [3.05, 3.63) is 38.3 Å². The fourth-order valence-electron chi connectivity index (χ4n) is 8.21. The van der Waals surface area contributed by atoms with E-state index in [0.717, 1.165) is 69.4 Å². The average Bonchev–Trinajstić information content (AvgIpc) is 4.04. The van der Waals surface area contributed by atoms with Crippen molar-refractivity contribution in [2.75, 3.05) is 39.6 Å². The predicted molar refractivity (Wildman–Crippen MR) is 262 cm³/mol. The standard InChI is InChI=1S/C39H64B2O7S2.C6Br2F2N2S/c1-27(2)11-9-13-29(5)15-17-39(18-16-30(6)14-10-12-28(3)4)31-19-33(40-44-23-37(7,21-42)24-45-40)49-35(31)36-32(48-39)20-34(50-36)41-46-25-38(8,22-43)26-47-41;7-1-3(9)4(10)2(8)6-5(1)11-13-12-6/h19-20,27-30,42-43H,9-18,21-26H2,1-8H3;. The number of rotatable bonds is 18. The van der Waals surface area contributed by atoms with E-state index >= 15 is 0 Å². The summed E-state index contributed by atoms with van der Waals surface area (Å²) in [7, 11) is -0.939. The average molecular weight is 1060 g/mol. The molecule has 3 aliphatic heterocycles. The summed E-state index contributed by atoms with van der Waals surface area (Å²) in [4.78, 5) is 2.37. The van der Waals surface area contributed by atoms with E-state index in [1.807, 2.05) is 13.8 Å². The summed E-state index contributed by atoms with van der Waals surface area (Å²) < 4.78 is 68.3. The van der Waals surface area contributed by atoms with E-state index in [-0.39, 0.29) is 27.6 Å². The van der Waals surface area contributed by atoms with Gasteiger partial charge in [0, 0.05) is 52.4 Å². The first-order valence-corrected chi connectivity index (χ1v) is 26.4. The number of ether oxygens (including phenoxy) is 1. The van der Waals surface area contributed by atoms with Crippen LogP contribution in [0.2, 0.25) is 0 Å². The fraction of sp³-hybridized carbons (Fsp3) is 0.689. The maximum atomic E-state index is 13.1. The molecular weight excluding hydrogens is 996 g/mol. The van der Waals surface area contributed by atoms with E-state index in [2.05, 4.69) is 94.3 Å². The molecule has 6 heterocycles. The van der Waals surface area contributed by atoms with E-state index in [9.17, 15) is 19.0 Å². The molecule has 18 heteroatoms. The van der Waals surface area contributed by atoms with Crippen molar-refractivity contribution in [1.29, 1.82) is 0 Å². The Kier molecular flexibility index (Phi) is 18.2. The van der Waals surface area contributed by atoms with Crippen molar-refractivity contribution in [2.24, 2.45) is 34.5 Å². The number of fused-ring (bicyclic) bond motifs is 4. The van der Waals surface area contributed by atoms with Gasteiger partial charge in [-0.25, -0.2) is 8.78 Å². The SMILES string of the molecule is CC(C)CCCC(C)CCC1(CCC(C)CCCC(C)C)Oc2cc(B3OCC(C)(CO)CO3)sc2-c2sc(B3OCC(C)(CO)CO3)cc21.Fc1c(F)c(Br)c2nsnc2c1Br. The van der Waals surface area contributed by atoms with Gasteiger partial charge in [-0.15, -0.1) is 22.7 Å². The number of hydrogen-bond donors (Lipinski definition) is 2. The third kappa shape index (κ3) is 12.5. The van der Waals surface area contributed by atoms with Crippen LogP contribution in [-0.4, -0.2) is 72.8 Å². The summed E-state index contributed by atoms with van der Waals surface area (Å²) in [6.45, 7) is 20.0. The molecule has 2 fully saturated rings. The molecule has 4 aromatic rings. The second-order valence-corrected chi connectivity index (χ2v) is 24.1. The topological polar surface area (TPSA) is 112 Å². The van der Waals surface area contributed by atoms with Crippen LogP contribution in [0.1, 0.15) is 125 Å². The molecule has 9 nitrogen and oxygen atoms in total. The molecular formula is C45H64B2Br2F2N2O7S3. The van der Waals surface area contributed by atoms with Gasteiger partial charge in [0.25, 0.3) is 0 Å². The van der Waals surface area contributed by atoms with Gasteiger partial charge in [0.2, 0.25) is 0 Å². The van der Waals surface area contributed by atoms with Gasteiger partial charge < -0.3 is 33.6 Å². The number of nitrogens with zero attached hydrogens (tertiary/aromatic N) is 2. The van der Waals surface area contributed by atoms with Crippen molar-refractivity contribution in [3.8, 4) is 15.5 Å². The Morgan fingerprint density at radius 2 is 1.10 bits per heavy atom. The number of aromatic nitrogens is 2. The lowest BCUT2D eigenvalue weighted by molar-refractivity contribution is -0.0145. The smallest absolute Gasteiger partial charge is 0.481 e. The van der Waals surface area contributed by atoms with Gasteiger partial charge in [-0.1, -0.05) is 93.9 Å². The molecule has 2 saturated heterocycles. The first-order chi connectivity index (χ1) is 29.9. The molecule has 0 radical (unpaired) electrons. The molecule has 0 bridgehead atoms. The zero-order chi connectivity index (χ0) is 45.7. The summed E-state index contributed by atoms with van der Waals surface area (Å²) in [6, 6.07) is 4.48. The number of benzene rings is 1. The Balaban J connectivity index is 0.000000431. The number of thiophene rings is 2. The van der Waals surface area contributed by atoms with Crippen LogP contribution >= 0.6 is 66.3 Å². The zero-order valence-electron chi connectivity index (χ0n) is 38.0. The predicted octanol–water partition coefficient (Wildman–Crippen LogP) is 11.5. The second kappa shape index (κ2) is 22.4. The third-order valence-corrected chi connectivity index (χ3v) is 17.0. The number of aliphatic hydroxyl groups excluding tert-OH is 2. The molecule has 1 aromatic carbocycles. The largest absolute Gasteiger partial charge is 0.504 e. The highest BCUT2D eigenvalue weighted by atomic mass is 79.9. The van der Waals surface area contributed by atoms with Gasteiger partial charge in [-0.3, -0.25) is 0 Å². The van der Waals surface area contributed by atoms with Gasteiger partial charge in [0.05, 0.1) is 43.6 Å². The molecule has 3 aromatic heterocycles. The van der Waals surface area contributed by atoms with Crippen LogP contribution in [0, 0.1) is 46.1 Å². The van der Waals surface area contributed by atoms with E-state index < -0.39 is 36.9 Å². The van der Waals surface area contributed by atoms with Crippen molar-refractivity contribution in [3.63, 3.8) is 0 Å². The lowest BCUT2D eigenvalue weighted by Gasteiger charge is -2.39. The Hall–Kier alpha value is -1.05. The summed E-state index contributed by atoms with van der Waals surface area (Å²) >= 11 is 10.2. The van der Waals surface area contributed by atoms with Gasteiger partial charge in [-0.05, 0) is 93.3 Å². The minimum atomic E-state index is -0.952. The molecule has 0 amide bonds. The molecule has 0 spiro atoms. The summed E-state index contributed by atoms with van der Waals surface area (Å²) in [5.41, 5.74) is 0.694. The van der Waals surface area contributed by atoms with Crippen molar-refractivity contribution < 1.29 is 42.3 Å². The number of halogens is 4. The number of hydrogen-bond acceptors (Lipinski definition) is 12. The molecule has 348 valence electrons. The molecule has 7 rings (SSSR count). The van der Waals surface area contributed by atoms with E-state index in [1.54, 1.807) is 22.7 Å². The Bertz CT molecular complexity index is 2040.